The maximum Gasteiger partial charge on any atom is 0.192 e. The molecule has 1 unspecified atom stereocenters. The van der Waals surface area contributed by atoms with Gasteiger partial charge in [0.05, 0.1) is 12.7 Å². The number of rotatable bonds is 7. The molecule has 0 saturated carbocycles. The van der Waals surface area contributed by atoms with Gasteiger partial charge in [-0.25, -0.2) is 0 Å². The molecule has 27 heavy (non-hydrogen) atoms. The van der Waals surface area contributed by atoms with Crippen molar-refractivity contribution in [3.63, 3.8) is 0 Å². The molecule has 0 radical (unpaired) electrons. The summed E-state index contributed by atoms with van der Waals surface area (Å²) < 4.78 is 6.49. The molecule has 1 aliphatic rings. The lowest BCUT2D eigenvalue weighted by Gasteiger charge is -2.39. The number of ketones is 1. The Hall–Kier alpha value is -1.38. The fraction of sp³-hybridized carbons (Fsp3) is 0.600. The number of carbonyl (C=O) groups excluding carboxylic acids is 1. The second kappa shape index (κ2) is 8.32. The zero-order valence-electron chi connectivity index (χ0n) is 16.9. The Morgan fingerprint density at radius 2 is 2.07 bits per heavy atom. The minimum Gasteiger partial charge on any atom is -0.413 e. The van der Waals surface area contributed by atoms with Gasteiger partial charge in [-0.05, 0) is 41.9 Å². The van der Waals surface area contributed by atoms with Crippen molar-refractivity contribution < 1.29 is 19.4 Å². The molecule has 6 nitrogen and oxygen atoms in total. The Balaban J connectivity index is 2.30. The van der Waals surface area contributed by atoms with Gasteiger partial charge in [0, 0.05) is 25.4 Å². The smallest absolute Gasteiger partial charge is 0.192 e. The van der Waals surface area contributed by atoms with Crippen molar-refractivity contribution >= 4 is 14.1 Å². The van der Waals surface area contributed by atoms with Crippen LogP contribution in [0.4, 0.5) is 0 Å². The van der Waals surface area contributed by atoms with Crippen molar-refractivity contribution in [3.8, 4) is 0 Å². The molecule has 2 heterocycles. The summed E-state index contributed by atoms with van der Waals surface area (Å²) >= 11 is 0. The predicted octanol–water partition coefficient (Wildman–Crippen LogP) is 2.36. The van der Waals surface area contributed by atoms with E-state index < -0.39 is 20.0 Å². The minimum atomic E-state index is -2.01. The van der Waals surface area contributed by atoms with E-state index in [2.05, 4.69) is 44.2 Å². The maximum atomic E-state index is 13.0. The molecule has 0 aromatic carbocycles. The van der Waals surface area contributed by atoms with Gasteiger partial charge in [0.1, 0.15) is 11.6 Å². The van der Waals surface area contributed by atoms with Crippen LogP contribution in [-0.4, -0.2) is 54.1 Å². The lowest BCUT2D eigenvalue weighted by atomic mass is 9.82. The molecule has 0 bridgehead atoms. The van der Waals surface area contributed by atoms with E-state index in [9.17, 15) is 9.90 Å². The highest BCUT2D eigenvalue weighted by Gasteiger charge is 2.52. The van der Waals surface area contributed by atoms with Crippen molar-refractivity contribution in [1.82, 2.24) is 10.3 Å². The van der Waals surface area contributed by atoms with Crippen LogP contribution in [0, 0.1) is 0 Å². The lowest BCUT2D eigenvalue weighted by molar-refractivity contribution is -0.125. The molecule has 7 heteroatoms. The van der Waals surface area contributed by atoms with E-state index in [1.54, 1.807) is 24.5 Å². The van der Waals surface area contributed by atoms with E-state index in [0.717, 1.165) is 0 Å². The molecule has 3 atom stereocenters. The van der Waals surface area contributed by atoms with E-state index in [0.29, 0.717) is 18.5 Å². The van der Waals surface area contributed by atoms with Gasteiger partial charge in [-0.1, -0.05) is 26.8 Å². The molecule has 3 N–H and O–H groups in total. The third-order valence-corrected chi connectivity index (χ3v) is 10.3. The number of hydrogen-bond donors (Lipinski definition) is 3. The zero-order chi connectivity index (χ0) is 20.3. The van der Waals surface area contributed by atoms with Crippen LogP contribution < -0.4 is 5.32 Å². The zero-order valence-corrected chi connectivity index (χ0v) is 17.9. The Morgan fingerprint density at radius 3 is 2.63 bits per heavy atom. The number of hydrogen-bond acceptors (Lipinski definition) is 6. The van der Waals surface area contributed by atoms with Gasteiger partial charge >= 0.3 is 0 Å². The van der Waals surface area contributed by atoms with Crippen LogP contribution in [0.1, 0.15) is 38.9 Å². The van der Waals surface area contributed by atoms with Crippen LogP contribution in [0.2, 0.25) is 18.1 Å². The van der Waals surface area contributed by atoms with Gasteiger partial charge in [-0.3, -0.25) is 15.1 Å². The molecule has 0 spiro atoms. The quantitative estimate of drug-likeness (QED) is 0.487. The van der Waals surface area contributed by atoms with Crippen LogP contribution in [0.5, 0.6) is 0 Å². The summed E-state index contributed by atoms with van der Waals surface area (Å²) in [5.74, 6) is -0.262. The third kappa shape index (κ3) is 4.73. The molecule has 1 aromatic rings. The van der Waals surface area contributed by atoms with Gasteiger partial charge in [0.25, 0.3) is 0 Å². The molecule has 1 saturated heterocycles. The van der Waals surface area contributed by atoms with Gasteiger partial charge < -0.3 is 14.6 Å². The summed E-state index contributed by atoms with van der Waals surface area (Å²) in [5, 5.41) is 23.4. The largest absolute Gasteiger partial charge is 0.413 e. The molecule has 0 amide bonds. The first-order valence-corrected chi connectivity index (χ1v) is 12.3. The van der Waals surface area contributed by atoms with Crippen LogP contribution in [0.3, 0.4) is 0 Å². The van der Waals surface area contributed by atoms with Crippen LogP contribution in [0.15, 0.2) is 36.7 Å². The standard InChI is InChI=1S/C20H32N2O4Si/c1-19(2,3)27(4,5)26-16-13-20(22-14-16,17(24)7-6-12-23)18(25)15-8-10-21-11-9-15/h6-11,16,18,22-23,25H,12-14H2,1-5H3/t16-,18?,20-/m1/s1. The molecule has 0 aliphatic carbocycles. The van der Waals surface area contributed by atoms with Crippen LogP contribution in [0.25, 0.3) is 0 Å². The topological polar surface area (TPSA) is 91.7 Å². The van der Waals surface area contributed by atoms with E-state index in [4.69, 9.17) is 9.53 Å². The van der Waals surface area contributed by atoms with E-state index in [1.165, 1.54) is 12.2 Å². The average Bonchev–Trinajstić information content (AvgIpc) is 3.03. The predicted molar refractivity (Wildman–Crippen MR) is 108 cm³/mol. The summed E-state index contributed by atoms with van der Waals surface area (Å²) in [5.41, 5.74) is -0.559. The highest BCUT2D eigenvalue weighted by Crippen LogP contribution is 2.41. The molecule has 1 aliphatic heterocycles. The van der Waals surface area contributed by atoms with Crippen LogP contribution in [-0.2, 0) is 9.22 Å². The number of aliphatic hydroxyl groups excluding tert-OH is 2. The molecule has 150 valence electrons. The summed E-state index contributed by atoms with van der Waals surface area (Å²) in [6.45, 7) is 11.2. The van der Waals surface area contributed by atoms with Crippen molar-refractivity contribution in [3.05, 3.63) is 42.2 Å². The van der Waals surface area contributed by atoms with Crippen molar-refractivity contribution in [2.24, 2.45) is 0 Å². The Kier molecular flexibility index (Phi) is 6.75. The number of aliphatic hydroxyl groups is 2. The first kappa shape index (κ1) is 21.9. The Morgan fingerprint density at radius 1 is 1.44 bits per heavy atom. The fourth-order valence-electron chi connectivity index (χ4n) is 3.15. The summed E-state index contributed by atoms with van der Waals surface area (Å²) in [4.78, 5) is 16.9. The Bertz CT molecular complexity index is 672. The summed E-state index contributed by atoms with van der Waals surface area (Å²) in [7, 11) is -2.01. The van der Waals surface area contributed by atoms with Crippen molar-refractivity contribution in [1.29, 1.82) is 0 Å². The number of nitrogens with zero attached hydrogens (tertiary/aromatic N) is 1. The van der Waals surface area contributed by atoms with Gasteiger partial charge in [0.2, 0.25) is 0 Å². The first-order chi connectivity index (χ1) is 12.5. The van der Waals surface area contributed by atoms with E-state index in [-0.39, 0.29) is 23.5 Å². The Labute approximate surface area is 162 Å². The van der Waals surface area contributed by atoms with Crippen LogP contribution >= 0.6 is 0 Å². The van der Waals surface area contributed by atoms with Crippen molar-refractivity contribution in [2.45, 2.75) is 63.1 Å². The maximum absolute atomic E-state index is 13.0. The number of aromatic nitrogens is 1. The number of carbonyl (C=O) groups is 1. The van der Waals surface area contributed by atoms with Gasteiger partial charge in [0.15, 0.2) is 14.1 Å². The van der Waals surface area contributed by atoms with Gasteiger partial charge in [-0.15, -0.1) is 0 Å². The highest BCUT2D eigenvalue weighted by atomic mass is 28.4. The van der Waals surface area contributed by atoms with E-state index in [1.807, 2.05) is 0 Å². The molecule has 1 aromatic heterocycles. The first-order valence-electron chi connectivity index (χ1n) is 9.36. The van der Waals surface area contributed by atoms with Gasteiger partial charge in [-0.2, -0.15) is 0 Å². The monoisotopic (exact) mass is 392 g/mol. The number of pyridine rings is 1. The highest BCUT2D eigenvalue weighted by molar-refractivity contribution is 6.74. The average molecular weight is 393 g/mol. The summed E-state index contributed by atoms with van der Waals surface area (Å²) in [6, 6.07) is 3.41. The molecule has 2 rings (SSSR count). The SMILES string of the molecule is CC(C)(C)[Si](C)(C)O[C@H]1CN[C@](C(=O)C=CCO)(C(O)c2ccncc2)C1. The molecular weight excluding hydrogens is 360 g/mol. The lowest BCUT2D eigenvalue weighted by Crippen LogP contribution is -2.52. The third-order valence-electron chi connectivity index (χ3n) is 5.77. The second-order valence-corrected chi connectivity index (χ2v) is 13.4. The van der Waals surface area contributed by atoms with Crippen molar-refractivity contribution in [2.75, 3.05) is 13.2 Å². The second-order valence-electron chi connectivity index (χ2n) is 8.69. The number of nitrogens with one attached hydrogen (secondary N) is 1. The van der Waals surface area contributed by atoms with E-state index >= 15 is 0 Å². The normalized spacial score (nSPS) is 25.1. The fourth-order valence-corrected chi connectivity index (χ4v) is 4.50. The summed E-state index contributed by atoms with van der Waals surface area (Å²) in [6.07, 6.45) is 5.10. The molecule has 1 fully saturated rings. The molecular formula is C20H32N2O4Si. The minimum absolute atomic E-state index is 0.0583.